The summed E-state index contributed by atoms with van der Waals surface area (Å²) in [5.74, 6) is 0.895. The van der Waals surface area contributed by atoms with Gasteiger partial charge in [0.15, 0.2) is 5.82 Å². The molecule has 0 unspecified atom stereocenters. The van der Waals surface area contributed by atoms with Crippen molar-refractivity contribution >= 4 is 16.3 Å². The van der Waals surface area contributed by atoms with Gasteiger partial charge in [0.05, 0.1) is 0 Å². The van der Waals surface area contributed by atoms with Gasteiger partial charge in [-0.1, -0.05) is 41.7 Å². The van der Waals surface area contributed by atoms with Crippen LogP contribution < -0.4 is 0 Å². The number of aromatic nitrogens is 5. The van der Waals surface area contributed by atoms with Crippen molar-refractivity contribution in [3.8, 4) is 10.6 Å². The van der Waals surface area contributed by atoms with Crippen LogP contribution in [-0.2, 0) is 12.8 Å². The van der Waals surface area contributed by atoms with Crippen molar-refractivity contribution < 1.29 is 0 Å². The van der Waals surface area contributed by atoms with E-state index < -0.39 is 0 Å². The van der Waals surface area contributed by atoms with Gasteiger partial charge in [-0.05, 0) is 31.0 Å². The van der Waals surface area contributed by atoms with Gasteiger partial charge >= 0.3 is 0 Å². The Hall–Kier alpha value is -2.60. The van der Waals surface area contributed by atoms with Crippen molar-refractivity contribution in [2.75, 3.05) is 0 Å². The molecular weight excluding hydrogens is 306 g/mol. The van der Waals surface area contributed by atoms with E-state index in [0.29, 0.717) is 0 Å². The number of hydrogen-bond acceptors (Lipinski definition) is 5. The number of aryl methyl sites for hydroxylation is 3. The van der Waals surface area contributed by atoms with Gasteiger partial charge in [-0.3, -0.25) is 4.98 Å². The molecule has 0 bridgehead atoms. The Morgan fingerprint density at radius 3 is 2.65 bits per heavy atom. The second-order valence-corrected chi connectivity index (χ2v) is 6.35. The van der Waals surface area contributed by atoms with Crippen molar-refractivity contribution in [2.24, 2.45) is 0 Å². The lowest BCUT2D eigenvalue weighted by molar-refractivity contribution is 0.793. The van der Waals surface area contributed by atoms with Crippen LogP contribution in [0.4, 0.5) is 0 Å². The fourth-order valence-corrected chi connectivity index (χ4v) is 3.27. The highest BCUT2D eigenvalue weighted by Gasteiger charge is 2.13. The van der Waals surface area contributed by atoms with Gasteiger partial charge in [-0.15, -0.1) is 10.2 Å². The van der Waals surface area contributed by atoms with Gasteiger partial charge in [0.1, 0.15) is 5.01 Å². The summed E-state index contributed by atoms with van der Waals surface area (Å²) in [6.07, 6.45) is 3.60. The standard InChI is InChI=1S/C17H15N5S/c1-12-7-9-14(11-18-12)16-21-22-15(19-20-17(22)23-16)10-8-13-5-3-2-4-6-13/h2-7,9,11H,8,10H2,1H3. The number of hydrogen-bond donors (Lipinski definition) is 0. The first-order chi connectivity index (χ1) is 11.3. The Bertz CT molecular complexity index is 925. The number of nitrogens with zero attached hydrogens (tertiary/aromatic N) is 5. The van der Waals surface area contributed by atoms with Crippen LogP contribution in [0, 0.1) is 6.92 Å². The molecule has 114 valence electrons. The van der Waals surface area contributed by atoms with E-state index in [0.717, 1.165) is 39.9 Å². The average Bonchev–Trinajstić information content (AvgIpc) is 3.15. The Balaban J connectivity index is 1.60. The third kappa shape index (κ3) is 2.85. The normalized spacial score (nSPS) is 11.2. The molecule has 4 aromatic rings. The van der Waals surface area contributed by atoms with Crippen LogP contribution in [0.1, 0.15) is 17.1 Å². The summed E-state index contributed by atoms with van der Waals surface area (Å²) in [5.41, 5.74) is 3.31. The zero-order valence-corrected chi connectivity index (χ0v) is 13.5. The molecule has 0 saturated carbocycles. The van der Waals surface area contributed by atoms with Crippen molar-refractivity contribution in [3.05, 3.63) is 65.7 Å². The molecule has 3 heterocycles. The molecule has 0 amide bonds. The number of rotatable bonds is 4. The zero-order valence-electron chi connectivity index (χ0n) is 12.7. The molecule has 1 aromatic carbocycles. The molecule has 5 nitrogen and oxygen atoms in total. The lowest BCUT2D eigenvalue weighted by Gasteiger charge is -1.99. The summed E-state index contributed by atoms with van der Waals surface area (Å²) in [7, 11) is 0. The first kappa shape index (κ1) is 14.0. The van der Waals surface area contributed by atoms with Crippen LogP contribution in [0.5, 0.6) is 0 Å². The summed E-state index contributed by atoms with van der Waals surface area (Å²) in [6, 6.07) is 14.4. The van der Waals surface area contributed by atoms with Crippen molar-refractivity contribution in [3.63, 3.8) is 0 Å². The first-order valence-corrected chi connectivity index (χ1v) is 8.29. The molecule has 0 aliphatic heterocycles. The van der Waals surface area contributed by atoms with Gasteiger partial charge < -0.3 is 0 Å². The van der Waals surface area contributed by atoms with Crippen LogP contribution in [0.2, 0.25) is 0 Å². The minimum absolute atomic E-state index is 0.820. The highest BCUT2D eigenvalue weighted by molar-refractivity contribution is 7.19. The molecule has 0 aliphatic carbocycles. The minimum atomic E-state index is 0.820. The predicted octanol–water partition coefficient (Wildman–Crippen LogP) is 3.34. The van der Waals surface area contributed by atoms with E-state index in [1.54, 1.807) is 0 Å². The number of fused-ring (bicyclic) bond motifs is 1. The Morgan fingerprint density at radius 1 is 1.00 bits per heavy atom. The maximum absolute atomic E-state index is 4.66. The fourth-order valence-electron chi connectivity index (χ4n) is 2.43. The third-order valence-corrected chi connectivity index (χ3v) is 4.64. The summed E-state index contributed by atoms with van der Waals surface area (Å²) < 4.78 is 1.85. The third-order valence-electron chi connectivity index (χ3n) is 3.69. The maximum atomic E-state index is 4.66. The highest BCUT2D eigenvalue weighted by atomic mass is 32.1. The molecule has 0 radical (unpaired) electrons. The molecule has 6 heteroatoms. The van der Waals surface area contributed by atoms with Crippen LogP contribution in [-0.4, -0.2) is 24.8 Å². The highest BCUT2D eigenvalue weighted by Crippen LogP contribution is 2.25. The average molecular weight is 321 g/mol. The van der Waals surface area contributed by atoms with E-state index in [1.165, 1.54) is 16.9 Å². The molecule has 0 aliphatic rings. The van der Waals surface area contributed by atoms with Gasteiger partial charge in [0, 0.05) is 23.9 Å². The SMILES string of the molecule is Cc1ccc(-c2nn3c(CCc4ccccc4)nnc3s2)cn1. The largest absolute Gasteiger partial charge is 0.261 e. The maximum Gasteiger partial charge on any atom is 0.234 e. The van der Waals surface area contributed by atoms with E-state index in [4.69, 9.17) is 0 Å². The lowest BCUT2D eigenvalue weighted by atomic mass is 10.1. The summed E-state index contributed by atoms with van der Waals surface area (Å²) in [4.78, 5) is 5.15. The van der Waals surface area contributed by atoms with Crippen molar-refractivity contribution in [1.29, 1.82) is 0 Å². The quantitative estimate of drug-likeness (QED) is 0.578. The van der Waals surface area contributed by atoms with E-state index in [-0.39, 0.29) is 0 Å². The topological polar surface area (TPSA) is 56.0 Å². The molecule has 0 atom stereocenters. The molecule has 0 saturated heterocycles. The summed E-state index contributed by atoms with van der Waals surface area (Å²) in [5, 5.41) is 14.1. The first-order valence-electron chi connectivity index (χ1n) is 7.48. The smallest absolute Gasteiger partial charge is 0.234 e. The van der Waals surface area contributed by atoms with Gasteiger partial charge in [-0.2, -0.15) is 9.61 Å². The Labute approximate surface area is 137 Å². The van der Waals surface area contributed by atoms with Crippen LogP contribution in [0.25, 0.3) is 15.5 Å². The molecule has 0 fully saturated rings. The van der Waals surface area contributed by atoms with E-state index in [9.17, 15) is 0 Å². The molecule has 0 N–H and O–H groups in total. The molecule has 0 spiro atoms. The fraction of sp³-hybridized carbons (Fsp3) is 0.176. The summed E-state index contributed by atoms with van der Waals surface area (Å²) >= 11 is 1.54. The molecule has 4 rings (SSSR count). The zero-order chi connectivity index (χ0) is 15.6. The van der Waals surface area contributed by atoms with E-state index >= 15 is 0 Å². The van der Waals surface area contributed by atoms with Crippen LogP contribution in [0.3, 0.4) is 0 Å². The Kier molecular flexibility index (Phi) is 3.59. The monoisotopic (exact) mass is 321 g/mol. The van der Waals surface area contributed by atoms with Crippen LogP contribution in [0.15, 0.2) is 48.7 Å². The lowest BCUT2D eigenvalue weighted by Crippen LogP contribution is -1.99. The van der Waals surface area contributed by atoms with Gasteiger partial charge in [0.25, 0.3) is 0 Å². The van der Waals surface area contributed by atoms with Crippen LogP contribution >= 0.6 is 11.3 Å². The molecule has 23 heavy (non-hydrogen) atoms. The number of benzene rings is 1. The molecular formula is C17H15N5S. The predicted molar refractivity (Wildman–Crippen MR) is 90.5 cm³/mol. The van der Waals surface area contributed by atoms with Crippen molar-refractivity contribution in [1.82, 2.24) is 24.8 Å². The molecule has 3 aromatic heterocycles. The Morgan fingerprint density at radius 2 is 1.87 bits per heavy atom. The van der Waals surface area contributed by atoms with Gasteiger partial charge in [-0.25, -0.2) is 0 Å². The van der Waals surface area contributed by atoms with Crippen molar-refractivity contribution in [2.45, 2.75) is 19.8 Å². The van der Waals surface area contributed by atoms with E-state index in [1.807, 2.05) is 35.8 Å². The van der Waals surface area contributed by atoms with E-state index in [2.05, 4.69) is 44.5 Å². The number of pyridine rings is 1. The second kappa shape index (κ2) is 5.89. The van der Waals surface area contributed by atoms with Gasteiger partial charge in [0.2, 0.25) is 4.96 Å². The summed E-state index contributed by atoms with van der Waals surface area (Å²) in [6.45, 7) is 1.98. The second-order valence-electron chi connectivity index (χ2n) is 5.39. The minimum Gasteiger partial charge on any atom is -0.261 e.